The summed E-state index contributed by atoms with van der Waals surface area (Å²) in [5.74, 6) is 0.143. The molecule has 1 heterocycles. The Kier molecular flexibility index (Phi) is 3.90. The monoisotopic (exact) mass is 258 g/mol. The predicted octanol–water partition coefficient (Wildman–Crippen LogP) is 3.68. The van der Waals surface area contributed by atoms with Gasteiger partial charge in [0.05, 0.1) is 5.56 Å². The van der Waals surface area contributed by atoms with E-state index in [1.165, 1.54) is 12.4 Å². The molecule has 100 valence electrons. The minimum Gasteiger partial charge on any atom is -0.324 e. The Morgan fingerprint density at radius 2 is 1.89 bits per heavy atom. The molecule has 0 radical (unpaired) electrons. The maximum absolute atomic E-state index is 12.9. The Hall–Kier alpha value is -1.10. The highest BCUT2D eigenvalue weighted by Crippen LogP contribution is 2.38. The van der Waals surface area contributed by atoms with Crippen molar-refractivity contribution in [3.63, 3.8) is 0 Å². The van der Waals surface area contributed by atoms with Crippen molar-refractivity contribution in [2.45, 2.75) is 44.3 Å². The number of nitrogens with two attached hydrogens (primary N) is 1. The van der Waals surface area contributed by atoms with Gasteiger partial charge in [0.1, 0.15) is 0 Å². The van der Waals surface area contributed by atoms with Crippen molar-refractivity contribution in [1.29, 1.82) is 0 Å². The number of aromatic nitrogens is 1. The van der Waals surface area contributed by atoms with Crippen LogP contribution in [-0.2, 0) is 6.18 Å². The molecule has 1 aromatic rings. The second kappa shape index (κ2) is 5.26. The van der Waals surface area contributed by atoms with Gasteiger partial charge in [0, 0.05) is 18.4 Å². The summed E-state index contributed by atoms with van der Waals surface area (Å²) in [4.78, 5) is 3.79. The molecule has 18 heavy (non-hydrogen) atoms. The number of hydrogen-bond donors (Lipinski definition) is 1. The summed E-state index contributed by atoms with van der Waals surface area (Å²) in [6, 6.07) is 0.452. The van der Waals surface area contributed by atoms with Crippen LogP contribution in [0.2, 0.25) is 0 Å². The maximum Gasteiger partial charge on any atom is 0.416 e. The van der Waals surface area contributed by atoms with E-state index in [-0.39, 0.29) is 11.5 Å². The molecule has 0 aromatic carbocycles. The van der Waals surface area contributed by atoms with E-state index in [1.54, 1.807) is 0 Å². The van der Waals surface area contributed by atoms with E-state index >= 15 is 0 Å². The van der Waals surface area contributed by atoms with Crippen molar-refractivity contribution in [3.8, 4) is 0 Å². The lowest BCUT2D eigenvalue weighted by molar-refractivity contribution is -0.138. The van der Waals surface area contributed by atoms with Crippen molar-refractivity contribution in [1.82, 2.24) is 4.98 Å². The van der Waals surface area contributed by atoms with E-state index in [2.05, 4.69) is 4.98 Å². The number of rotatable bonds is 2. The van der Waals surface area contributed by atoms with Crippen LogP contribution >= 0.6 is 0 Å². The zero-order valence-corrected chi connectivity index (χ0v) is 10.1. The zero-order valence-electron chi connectivity index (χ0n) is 10.1. The van der Waals surface area contributed by atoms with Gasteiger partial charge < -0.3 is 5.73 Å². The lowest BCUT2D eigenvalue weighted by Gasteiger charge is -2.29. The van der Waals surface area contributed by atoms with Crippen LogP contribution in [0.15, 0.2) is 18.5 Å². The van der Waals surface area contributed by atoms with Gasteiger partial charge in [-0.2, -0.15) is 13.2 Å². The lowest BCUT2D eigenvalue weighted by atomic mass is 9.81. The van der Waals surface area contributed by atoms with E-state index in [0.717, 1.165) is 38.2 Å². The first-order valence-corrected chi connectivity index (χ1v) is 6.27. The molecule has 1 atom stereocenters. The Balaban J connectivity index is 2.26. The summed E-state index contributed by atoms with van der Waals surface area (Å²) in [6.07, 6.45) is 3.16. The Morgan fingerprint density at radius 3 is 2.50 bits per heavy atom. The quantitative estimate of drug-likeness (QED) is 0.878. The number of hydrogen-bond acceptors (Lipinski definition) is 2. The number of alkyl halides is 3. The summed E-state index contributed by atoms with van der Waals surface area (Å²) in [6.45, 7) is 0. The first-order valence-electron chi connectivity index (χ1n) is 6.27. The standard InChI is InChI=1S/C13H17F3N2/c14-13(15,16)11-6-7-18-8-10(11)12(17)9-4-2-1-3-5-9/h6-9,12H,1-5,17H2. The molecule has 0 bridgehead atoms. The SMILES string of the molecule is NC(c1cnccc1C(F)(F)F)C1CCCCC1. The van der Waals surface area contributed by atoms with Crippen molar-refractivity contribution in [2.75, 3.05) is 0 Å². The van der Waals surface area contributed by atoms with Crippen molar-refractivity contribution in [2.24, 2.45) is 11.7 Å². The smallest absolute Gasteiger partial charge is 0.324 e. The van der Waals surface area contributed by atoms with Gasteiger partial charge in [0.2, 0.25) is 0 Å². The van der Waals surface area contributed by atoms with E-state index in [9.17, 15) is 13.2 Å². The predicted molar refractivity (Wildman–Crippen MR) is 62.7 cm³/mol. The first kappa shape index (κ1) is 13.3. The zero-order chi connectivity index (χ0) is 13.2. The van der Waals surface area contributed by atoms with Crippen molar-refractivity contribution in [3.05, 3.63) is 29.6 Å². The van der Waals surface area contributed by atoms with E-state index < -0.39 is 17.8 Å². The summed E-state index contributed by atoms with van der Waals surface area (Å²) in [5.41, 5.74) is 5.52. The third-order valence-electron chi connectivity index (χ3n) is 3.67. The summed E-state index contributed by atoms with van der Waals surface area (Å²) in [5, 5.41) is 0. The van der Waals surface area contributed by atoms with Crippen LogP contribution in [-0.4, -0.2) is 4.98 Å². The molecule has 1 unspecified atom stereocenters. The molecule has 1 aliphatic carbocycles. The Bertz CT molecular complexity index is 397. The lowest BCUT2D eigenvalue weighted by Crippen LogP contribution is -2.26. The molecular weight excluding hydrogens is 241 g/mol. The largest absolute Gasteiger partial charge is 0.416 e. The minimum atomic E-state index is -4.36. The van der Waals surface area contributed by atoms with Crippen molar-refractivity contribution >= 4 is 0 Å². The maximum atomic E-state index is 12.9. The second-order valence-corrected chi connectivity index (χ2v) is 4.88. The highest BCUT2D eigenvalue weighted by atomic mass is 19.4. The van der Waals surface area contributed by atoms with Gasteiger partial charge in [-0.3, -0.25) is 4.98 Å². The van der Waals surface area contributed by atoms with Crippen LogP contribution in [0.25, 0.3) is 0 Å². The molecular formula is C13H17F3N2. The molecule has 1 fully saturated rings. The molecule has 0 amide bonds. The van der Waals surface area contributed by atoms with Gasteiger partial charge in [-0.05, 0) is 30.4 Å². The van der Waals surface area contributed by atoms with Gasteiger partial charge in [-0.25, -0.2) is 0 Å². The molecule has 0 saturated heterocycles. The Morgan fingerprint density at radius 1 is 1.22 bits per heavy atom. The van der Waals surface area contributed by atoms with Crippen LogP contribution in [0, 0.1) is 5.92 Å². The normalized spacial score (nSPS) is 19.8. The fraction of sp³-hybridized carbons (Fsp3) is 0.615. The third-order valence-corrected chi connectivity index (χ3v) is 3.67. The molecule has 1 aromatic heterocycles. The number of nitrogens with zero attached hydrogens (tertiary/aromatic N) is 1. The van der Waals surface area contributed by atoms with E-state index in [1.807, 2.05) is 0 Å². The molecule has 2 rings (SSSR count). The molecule has 0 spiro atoms. The van der Waals surface area contributed by atoms with E-state index in [0.29, 0.717) is 0 Å². The van der Waals surface area contributed by atoms with Gasteiger partial charge in [0.15, 0.2) is 0 Å². The molecule has 5 heteroatoms. The van der Waals surface area contributed by atoms with Gasteiger partial charge >= 0.3 is 6.18 Å². The fourth-order valence-electron chi connectivity index (χ4n) is 2.68. The van der Waals surface area contributed by atoms with Crippen LogP contribution in [0.3, 0.4) is 0 Å². The topological polar surface area (TPSA) is 38.9 Å². The number of pyridine rings is 1. The average molecular weight is 258 g/mol. The highest BCUT2D eigenvalue weighted by molar-refractivity contribution is 5.29. The average Bonchev–Trinajstić information content (AvgIpc) is 2.38. The summed E-state index contributed by atoms with van der Waals surface area (Å²) >= 11 is 0. The summed E-state index contributed by atoms with van der Waals surface area (Å²) < 4.78 is 38.7. The minimum absolute atomic E-state index is 0.136. The van der Waals surface area contributed by atoms with Crippen LogP contribution < -0.4 is 5.73 Å². The first-order chi connectivity index (χ1) is 8.50. The van der Waals surface area contributed by atoms with Gasteiger partial charge in [0.25, 0.3) is 0 Å². The van der Waals surface area contributed by atoms with Gasteiger partial charge in [-0.1, -0.05) is 19.3 Å². The molecule has 1 saturated carbocycles. The summed E-state index contributed by atoms with van der Waals surface area (Å²) in [7, 11) is 0. The molecule has 1 aliphatic rings. The molecule has 0 aliphatic heterocycles. The van der Waals surface area contributed by atoms with Crippen LogP contribution in [0.1, 0.15) is 49.3 Å². The Labute approximate surface area is 104 Å². The van der Waals surface area contributed by atoms with Crippen molar-refractivity contribution < 1.29 is 13.2 Å². The molecule has 2 N–H and O–H groups in total. The second-order valence-electron chi connectivity index (χ2n) is 4.88. The number of halogens is 3. The van der Waals surface area contributed by atoms with Crippen LogP contribution in [0.5, 0.6) is 0 Å². The van der Waals surface area contributed by atoms with E-state index in [4.69, 9.17) is 5.73 Å². The third kappa shape index (κ3) is 2.83. The van der Waals surface area contributed by atoms with Gasteiger partial charge in [-0.15, -0.1) is 0 Å². The highest BCUT2D eigenvalue weighted by Gasteiger charge is 2.36. The fourth-order valence-corrected chi connectivity index (χ4v) is 2.68. The van der Waals surface area contributed by atoms with Crippen LogP contribution in [0.4, 0.5) is 13.2 Å². The molecule has 2 nitrogen and oxygen atoms in total.